The zero-order valence-electron chi connectivity index (χ0n) is 10.4. The number of benzene rings is 2. The molecule has 0 amide bonds. The summed E-state index contributed by atoms with van der Waals surface area (Å²) in [4.78, 5) is 0. The van der Waals surface area contributed by atoms with Gasteiger partial charge < -0.3 is 5.11 Å². The summed E-state index contributed by atoms with van der Waals surface area (Å²) >= 11 is 0. The van der Waals surface area contributed by atoms with Crippen molar-refractivity contribution in [3.63, 3.8) is 0 Å². The fraction of sp³-hybridized carbons (Fsp3) is 0.200. The SMILES string of the molecule is OC(Cc1ccccc1F)c1ccc(C(F)(F)F)cc1. The summed E-state index contributed by atoms with van der Waals surface area (Å²) in [5.41, 5.74) is -0.138. The molecule has 0 aliphatic heterocycles. The molecule has 20 heavy (non-hydrogen) atoms. The molecule has 0 radical (unpaired) electrons. The average molecular weight is 284 g/mol. The van der Waals surface area contributed by atoms with E-state index in [1.165, 1.54) is 30.3 Å². The Labute approximate surface area is 113 Å². The van der Waals surface area contributed by atoms with Crippen molar-refractivity contribution in [1.82, 2.24) is 0 Å². The van der Waals surface area contributed by atoms with Crippen molar-refractivity contribution in [3.8, 4) is 0 Å². The van der Waals surface area contributed by atoms with Crippen molar-refractivity contribution in [2.24, 2.45) is 0 Å². The highest BCUT2D eigenvalue weighted by Gasteiger charge is 2.30. The molecule has 2 aromatic carbocycles. The second-order valence-electron chi connectivity index (χ2n) is 4.43. The van der Waals surface area contributed by atoms with E-state index in [0.29, 0.717) is 11.1 Å². The molecule has 2 aromatic rings. The van der Waals surface area contributed by atoms with Crippen LogP contribution in [0.5, 0.6) is 0 Å². The minimum Gasteiger partial charge on any atom is -0.388 e. The molecule has 2 rings (SSSR count). The van der Waals surface area contributed by atoms with Gasteiger partial charge in [0.15, 0.2) is 0 Å². The van der Waals surface area contributed by atoms with Crippen LogP contribution in [0.1, 0.15) is 22.8 Å². The van der Waals surface area contributed by atoms with Gasteiger partial charge in [-0.15, -0.1) is 0 Å². The van der Waals surface area contributed by atoms with Gasteiger partial charge in [-0.25, -0.2) is 4.39 Å². The van der Waals surface area contributed by atoms with Gasteiger partial charge in [-0.3, -0.25) is 0 Å². The molecule has 0 aliphatic carbocycles. The Morgan fingerprint density at radius 3 is 2.10 bits per heavy atom. The Morgan fingerprint density at radius 2 is 1.55 bits per heavy atom. The van der Waals surface area contributed by atoms with E-state index in [4.69, 9.17) is 0 Å². The highest BCUT2D eigenvalue weighted by Crippen LogP contribution is 2.30. The van der Waals surface area contributed by atoms with E-state index in [1.54, 1.807) is 6.07 Å². The van der Waals surface area contributed by atoms with Crippen molar-refractivity contribution in [2.45, 2.75) is 18.7 Å². The minimum absolute atomic E-state index is 0.0119. The van der Waals surface area contributed by atoms with Crippen LogP contribution in [0.4, 0.5) is 17.6 Å². The fourth-order valence-corrected chi connectivity index (χ4v) is 1.88. The molecule has 0 aromatic heterocycles. The van der Waals surface area contributed by atoms with Crippen LogP contribution in [0.2, 0.25) is 0 Å². The standard InChI is InChI=1S/C15H12F4O/c16-13-4-2-1-3-11(13)9-14(20)10-5-7-12(8-6-10)15(17,18)19/h1-8,14,20H,9H2. The lowest BCUT2D eigenvalue weighted by atomic mass is 10.00. The Hall–Kier alpha value is -1.88. The van der Waals surface area contributed by atoms with Gasteiger partial charge in [0, 0.05) is 6.42 Å². The van der Waals surface area contributed by atoms with Crippen molar-refractivity contribution in [1.29, 1.82) is 0 Å². The van der Waals surface area contributed by atoms with Gasteiger partial charge in [-0.05, 0) is 29.3 Å². The largest absolute Gasteiger partial charge is 0.416 e. The fourth-order valence-electron chi connectivity index (χ4n) is 1.88. The molecule has 0 aliphatic rings. The smallest absolute Gasteiger partial charge is 0.388 e. The first-order valence-electron chi connectivity index (χ1n) is 5.96. The third-order valence-corrected chi connectivity index (χ3v) is 2.99. The van der Waals surface area contributed by atoms with Crippen molar-refractivity contribution >= 4 is 0 Å². The predicted octanol–water partition coefficient (Wildman–Crippen LogP) is 4.12. The molecular weight excluding hydrogens is 272 g/mol. The Bertz CT molecular complexity index is 575. The van der Waals surface area contributed by atoms with Crippen LogP contribution in [-0.2, 0) is 12.6 Å². The molecule has 1 N–H and O–H groups in total. The maximum Gasteiger partial charge on any atom is 0.416 e. The summed E-state index contributed by atoms with van der Waals surface area (Å²) in [6.45, 7) is 0. The summed E-state index contributed by atoms with van der Waals surface area (Å²) in [5.74, 6) is -0.446. The first-order chi connectivity index (χ1) is 9.38. The van der Waals surface area contributed by atoms with Crippen LogP contribution in [0.15, 0.2) is 48.5 Å². The lowest BCUT2D eigenvalue weighted by Gasteiger charge is -2.13. The summed E-state index contributed by atoms with van der Waals surface area (Å²) in [5, 5.41) is 9.94. The van der Waals surface area contributed by atoms with Gasteiger partial charge in [-0.2, -0.15) is 13.2 Å². The summed E-state index contributed by atoms with van der Waals surface area (Å²) in [7, 11) is 0. The Kier molecular flexibility index (Phi) is 4.09. The van der Waals surface area contributed by atoms with Gasteiger partial charge in [0.1, 0.15) is 5.82 Å². The van der Waals surface area contributed by atoms with E-state index < -0.39 is 23.7 Å². The Morgan fingerprint density at radius 1 is 0.950 bits per heavy atom. The molecule has 1 nitrogen and oxygen atoms in total. The van der Waals surface area contributed by atoms with E-state index in [0.717, 1.165) is 12.1 Å². The number of hydrogen-bond acceptors (Lipinski definition) is 1. The lowest BCUT2D eigenvalue weighted by molar-refractivity contribution is -0.137. The molecule has 0 spiro atoms. The number of aliphatic hydroxyl groups is 1. The van der Waals surface area contributed by atoms with Crippen LogP contribution >= 0.6 is 0 Å². The average Bonchev–Trinajstić information content (AvgIpc) is 2.40. The monoisotopic (exact) mass is 284 g/mol. The molecule has 0 bridgehead atoms. The second-order valence-corrected chi connectivity index (χ2v) is 4.43. The van der Waals surface area contributed by atoms with E-state index in [-0.39, 0.29) is 6.42 Å². The van der Waals surface area contributed by atoms with Gasteiger partial charge in [-0.1, -0.05) is 30.3 Å². The van der Waals surface area contributed by atoms with Gasteiger partial charge in [0.25, 0.3) is 0 Å². The van der Waals surface area contributed by atoms with Crippen LogP contribution < -0.4 is 0 Å². The summed E-state index contributed by atoms with van der Waals surface area (Å²) in [6.07, 6.45) is -5.44. The van der Waals surface area contributed by atoms with E-state index in [1.807, 2.05) is 0 Å². The van der Waals surface area contributed by atoms with Crippen molar-refractivity contribution < 1.29 is 22.7 Å². The molecule has 5 heteroatoms. The second kappa shape index (κ2) is 5.63. The summed E-state index contributed by atoms with van der Waals surface area (Å²) < 4.78 is 50.7. The molecule has 0 fully saturated rings. The van der Waals surface area contributed by atoms with Crippen LogP contribution in [0, 0.1) is 5.82 Å². The zero-order valence-corrected chi connectivity index (χ0v) is 10.4. The maximum atomic E-state index is 13.4. The number of aliphatic hydroxyl groups excluding tert-OH is 1. The molecule has 1 unspecified atom stereocenters. The molecule has 0 heterocycles. The minimum atomic E-state index is -4.41. The van der Waals surface area contributed by atoms with Crippen molar-refractivity contribution in [2.75, 3.05) is 0 Å². The number of halogens is 4. The first kappa shape index (κ1) is 14.5. The van der Waals surface area contributed by atoms with E-state index in [9.17, 15) is 22.7 Å². The number of hydrogen-bond donors (Lipinski definition) is 1. The first-order valence-corrected chi connectivity index (χ1v) is 5.96. The number of rotatable bonds is 3. The lowest BCUT2D eigenvalue weighted by Crippen LogP contribution is -2.07. The number of alkyl halides is 3. The maximum absolute atomic E-state index is 13.4. The van der Waals surface area contributed by atoms with Gasteiger partial charge >= 0.3 is 6.18 Å². The highest BCUT2D eigenvalue weighted by atomic mass is 19.4. The highest BCUT2D eigenvalue weighted by molar-refractivity contribution is 5.28. The topological polar surface area (TPSA) is 20.2 Å². The van der Waals surface area contributed by atoms with Crippen LogP contribution in [0.25, 0.3) is 0 Å². The predicted molar refractivity (Wildman–Crippen MR) is 66.5 cm³/mol. The van der Waals surface area contributed by atoms with Gasteiger partial charge in [0.2, 0.25) is 0 Å². The molecule has 106 valence electrons. The van der Waals surface area contributed by atoms with Gasteiger partial charge in [0.05, 0.1) is 11.7 Å². The normalized spacial score (nSPS) is 13.2. The zero-order chi connectivity index (χ0) is 14.8. The Balaban J connectivity index is 2.14. The molecule has 1 atom stereocenters. The molecule has 0 saturated carbocycles. The van der Waals surface area contributed by atoms with Crippen LogP contribution in [0.3, 0.4) is 0 Å². The quantitative estimate of drug-likeness (QED) is 0.841. The third kappa shape index (κ3) is 3.36. The van der Waals surface area contributed by atoms with Crippen LogP contribution in [-0.4, -0.2) is 5.11 Å². The summed E-state index contributed by atoms with van der Waals surface area (Å²) in [6, 6.07) is 10.2. The van der Waals surface area contributed by atoms with E-state index in [2.05, 4.69) is 0 Å². The molecular formula is C15H12F4O. The van der Waals surface area contributed by atoms with E-state index >= 15 is 0 Å². The molecule has 0 saturated heterocycles. The van der Waals surface area contributed by atoms with Crippen molar-refractivity contribution in [3.05, 3.63) is 71.0 Å². The third-order valence-electron chi connectivity index (χ3n) is 2.99.